The van der Waals surface area contributed by atoms with Crippen molar-refractivity contribution in [1.82, 2.24) is 0 Å². The first-order chi connectivity index (χ1) is 12.8. The maximum absolute atomic E-state index is 13.3. The molecule has 0 aliphatic carbocycles. The van der Waals surface area contributed by atoms with E-state index in [9.17, 15) is 4.79 Å². The van der Waals surface area contributed by atoms with Gasteiger partial charge in [0, 0.05) is 18.0 Å². The fourth-order valence-corrected chi connectivity index (χ4v) is 3.16. The van der Waals surface area contributed by atoms with E-state index in [-0.39, 0.29) is 11.8 Å². The lowest BCUT2D eigenvalue weighted by atomic mass is 9.96. The Hall–Kier alpha value is -2.60. The second-order valence-corrected chi connectivity index (χ2v) is 6.61. The lowest BCUT2D eigenvalue weighted by molar-refractivity contribution is -0.122. The summed E-state index contributed by atoms with van der Waals surface area (Å²) in [6.07, 6.45) is 5.28. The highest BCUT2D eigenvalue weighted by atomic mass is 16.2. The van der Waals surface area contributed by atoms with Gasteiger partial charge in [0.15, 0.2) is 0 Å². The number of unbranched alkanes of at least 4 members (excludes halogenated alkanes) is 3. The fraction of sp³-hybridized carbons (Fsp3) is 0.391. The van der Waals surface area contributed by atoms with Crippen molar-refractivity contribution in [2.45, 2.75) is 52.0 Å². The van der Waals surface area contributed by atoms with Gasteiger partial charge in [-0.1, -0.05) is 68.3 Å². The van der Waals surface area contributed by atoms with E-state index in [1.165, 1.54) is 0 Å². The van der Waals surface area contributed by atoms with Crippen molar-refractivity contribution in [3.05, 3.63) is 66.2 Å². The van der Waals surface area contributed by atoms with Gasteiger partial charge in [0.2, 0.25) is 5.91 Å². The van der Waals surface area contributed by atoms with Crippen LogP contribution in [0.4, 0.5) is 5.69 Å². The minimum absolute atomic E-state index is 0.0287. The molecule has 1 amide bonds. The molecule has 0 saturated heterocycles. The minimum atomic E-state index is 0.0287. The fourth-order valence-electron chi connectivity index (χ4n) is 3.16. The van der Waals surface area contributed by atoms with E-state index in [0.29, 0.717) is 13.0 Å². The third-order valence-corrected chi connectivity index (χ3v) is 4.70. The van der Waals surface area contributed by atoms with Gasteiger partial charge >= 0.3 is 0 Å². The number of benzene rings is 2. The predicted molar refractivity (Wildman–Crippen MR) is 107 cm³/mol. The molecule has 2 aromatic rings. The van der Waals surface area contributed by atoms with Crippen LogP contribution in [0.2, 0.25) is 0 Å². The number of nitriles is 1. The van der Waals surface area contributed by atoms with Crippen molar-refractivity contribution in [1.29, 1.82) is 5.26 Å². The molecule has 26 heavy (non-hydrogen) atoms. The van der Waals surface area contributed by atoms with Crippen LogP contribution in [-0.4, -0.2) is 5.91 Å². The van der Waals surface area contributed by atoms with Crippen molar-refractivity contribution in [3.8, 4) is 6.07 Å². The molecule has 1 unspecified atom stereocenters. The number of anilines is 1. The molecule has 0 aromatic heterocycles. The summed E-state index contributed by atoms with van der Waals surface area (Å²) in [7, 11) is 0. The van der Waals surface area contributed by atoms with Gasteiger partial charge < -0.3 is 4.90 Å². The number of rotatable bonds is 10. The second kappa shape index (κ2) is 11.1. The van der Waals surface area contributed by atoms with E-state index in [2.05, 4.69) is 25.1 Å². The molecule has 0 aliphatic heterocycles. The van der Waals surface area contributed by atoms with Crippen molar-refractivity contribution in [3.63, 3.8) is 0 Å². The van der Waals surface area contributed by atoms with Crippen LogP contribution in [0.3, 0.4) is 0 Å². The lowest BCUT2D eigenvalue weighted by Crippen LogP contribution is -2.35. The molecule has 0 bridgehead atoms. The number of hydrogen-bond acceptors (Lipinski definition) is 2. The lowest BCUT2D eigenvalue weighted by Gasteiger charge is -2.27. The van der Waals surface area contributed by atoms with E-state index in [4.69, 9.17) is 5.26 Å². The SMILES string of the molecule is CCC(CCCCCC#N)C(=O)N(Cc1ccccc1)c1ccccc1. The van der Waals surface area contributed by atoms with Crippen LogP contribution in [0, 0.1) is 17.2 Å². The molecular formula is C23H28N2O. The summed E-state index contributed by atoms with van der Waals surface area (Å²) in [6, 6.07) is 22.2. The Kier molecular flexibility index (Phi) is 8.42. The molecule has 0 heterocycles. The molecule has 0 saturated carbocycles. The monoisotopic (exact) mass is 348 g/mol. The number of hydrogen-bond donors (Lipinski definition) is 0. The Labute approximate surface area is 157 Å². The van der Waals surface area contributed by atoms with Crippen LogP contribution in [0.15, 0.2) is 60.7 Å². The Balaban J connectivity index is 2.09. The van der Waals surface area contributed by atoms with E-state index in [1.54, 1.807) is 0 Å². The van der Waals surface area contributed by atoms with Crippen LogP contribution in [-0.2, 0) is 11.3 Å². The summed E-state index contributed by atoms with van der Waals surface area (Å²) in [4.78, 5) is 15.2. The average molecular weight is 348 g/mol. The summed E-state index contributed by atoms with van der Waals surface area (Å²) in [5.74, 6) is 0.226. The zero-order valence-electron chi connectivity index (χ0n) is 15.6. The van der Waals surface area contributed by atoms with Crippen LogP contribution >= 0.6 is 0 Å². The highest BCUT2D eigenvalue weighted by Crippen LogP contribution is 2.24. The summed E-state index contributed by atoms with van der Waals surface area (Å²) >= 11 is 0. The van der Waals surface area contributed by atoms with E-state index in [0.717, 1.165) is 43.4 Å². The average Bonchev–Trinajstić information content (AvgIpc) is 2.70. The minimum Gasteiger partial charge on any atom is -0.308 e. The third kappa shape index (κ3) is 6.04. The van der Waals surface area contributed by atoms with Gasteiger partial charge in [-0.3, -0.25) is 4.79 Å². The van der Waals surface area contributed by atoms with E-state index >= 15 is 0 Å². The van der Waals surface area contributed by atoms with Gasteiger partial charge in [-0.05, 0) is 37.0 Å². The summed E-state index contributed by atoms with van der Waals surface area (Å²) in [6.45, 7) is 2.68. The van der Waals surface area contributed by atoms with Gasteiger partial charge in [-0.25, -0.2) is 0 Å². The standard InChI is InChI=1S/C23H28N2O/c1-2-21(15-9-3-4-12-18-24)23(26)25(22-16-10-6-11-17-22)19-20-13-7-5-8-14-20/h5-8,10-11,13-14,16-17,21H,2-4,9,12,15,19H2,1H3. The van der Waals surface area contributed by atoms with Crippen LogP contribution in [0.5, 0.6) is 0 Å². The maximum atomic E-state index is 13.3. The highest BCUT2D eigenvalue weighted by Gasteiger charge is 2.24. The highest BCUT2D eigenvalue weighted by molar-refractivity contribution is 5.94. The van der Waals surface area contributed by atoms with Gasteiger partial charge in [0.1, 0.15) is 0 Å². The topological polar surface area (TPSA) is 44.1 Å². The van der Waals surface area contributed by atoms with E-state index < -0.39 is 0 Å². The summed E-state index contributed by atoms with van der Waals surface area (Å²) in [5.41, 5.74) is 2.08. The molecule has 0 spiro atoms. The van der Waals surface area contributed by atoms with E-state index in [1.807, 2.05) is 53.4 Å². The van der Waals surface area contributed by atoms with Gasteiger partial charge in [-0.2, -0.15) is 5.26 Å². The van der Waals surface area contributed by atoms with Crippen molar-refractivity contribution >= 4 is 11.6 Å². The van der Waals surface area contributed by atoms with Gasteiger partial charge in [0.25, 0.3) is 0 Å². The third-order valence-electron chi connectivity index (χ3n) is 4.70. The number of amides is 1. The Bertz CT molecular complexity index is 691. The zero-order valence-corrected chi connectivity index (χ0v) is 15.6. The molecule has 0 radical (unpaired) electrons. The Morgan fingerprint density at radius 3 is 2.27 bits per heavy atom. The number of para-hydroxylation sites is 1. The summed E-state index contributed by atoms with van der Waals surface area (Å²) < 4.78 is 0. The van der Waals surface area contributed by atoms with Crippen molar-refractivity contribution in [2.24, 2.45) is 5.92 Å². The molecule has 2 rings (SSSR count). The molecule has 0 N–H and O–H groups in total. The molecular weight excluding hydrogens is 320 g/mol. The normalized spacial score (nSPS) is 11.5. The van der Waals surface area contributed by atoms with Crippen molar-refractivity contribution in [2.75, 3.05) is 4.90 Å². The molecule has 136 valence electrons. The largest absolute Gasteiger partial charge is 0.308 e. The number of carbonyl (C=O) groups is 1. The smallest absolute Gasteiger partial charge is 0.230 e. The second-order valence-electron chi connectivity index (χ2n) is 6.61. The number of nitrogens with zero attached hydrogens (tertiary/aromatic N) is 2. The van der Waals surface area contributed by atoms with Crippen LogP contribution in [0.25, 0.3) is 0 Å². The van der Waals surface area contributed by atoms with Crippen LogP contribution in [0.1, 0.15) is 51.0 Å². The molecule has 2 aromatic carbocycles. The Morgan fingerprint density at radius 2 is 1.65 bits per heavy atom. The molecule has 0 fully saturated rings. The predicted octanol–water partition coefficient (Wildman–Crippen LogP) is 5.72. The first kappa shape index (κ1) is 19.7. The van der Waals surface area contributed by atoms with Crippen LogP contribution < -0.4 is 4.90 Å². The molecule has 1 atom stereocenters. The maximum Gasteiger partial charge on any atom is 0.230 e. The molecule has 3 heteroatoms. The zero-order chi connectivity index (χ0) is 18.6. The van der Waals surface area contributed by atoms with Gasteiger partial charge in [-0.15, -0.1) is 0 Å². The first-order valence-electron chi connectivity index (χ1n) is 9.53. The summed E-state index contributed by atoms with van der Waals surface area (Å²) in [5, 5.41) is 8.64. The Morgan fingerprint density at radius 1 is 1.00 bits per heavy atom. The molecule has 3 nitrogen and oxygen atoms in total. The number of carbonyl (C=O) groups excluding carboxylic acids is 1. The molecule has 0 aliphatic rings. The quantitative estimate of drug-likeness (QED) is 0.515. The van der Waals surface area contributed by atoms with Gasteiger partial charge in [0.05, 0.1) is 12.6 Å². The van der Waals surface area contributed by atoms with Crippen molar-refractivity contribution < 1.29 is 4.79 Å². The first-order valence-corrected chi connectivity index (χ1v) is 9.53.